The fourth-order valence-electron chi connectivity index (χ4n) is 2.29. The van der Waals surface area contributed by atoms with Gasteiger partial charge in [0.05, 0.1) is 18.6 Å². The van der Waals surface area contributed by atoms with E-state index in [2.05, 4.69) is 5.10 Å². The van der Waals surface area contributed by atoms with Crippen molar-refractivity contribution in [2.45, 2.75) is 6.54 Å². The van der Waals surface area contributed by atoms with E-state index >= 15 is 0 Å². The number of nitro groups is 1. The number of furan rings is 1. The quantitative estimate of drug-likeness (QED) is 0.279. The van der Waals surface area contributed by atoms with Crippen LogP contribution in [0.1, 0.15) is 21.9 Å². The average molecular weight is 353 g/mol. The number of carbonyl (C=O) groups excluding carboxylic acids is 1. The number of carbonyl (C=O) groups is 1. The molecule has 8 nitrogen and oxygen atoms in total. The van der Waals surface area contributed by atoms with E-state index in [0.29, 0.717) is 22.8 Å². The summed E-state index contributed by atoms with van der Waals surface area (Å²) >= 11 is 0. The maximum Gasteiger partial charge on any atom is 0.307 e. The highest BCUT2D eigenvalue weighted by Crippen LogP contribution is 2.16. The first kappa shape index (κ1) is 17.2. The van der Waals surface area contributed by atoms with Crippen molar-refractivity contribution in [3.63, 3.8) is 0 Å². The summed E-state index contributed by atoms with van der Waals surface area (Å²) in [6.07, 6.45) is 5.48. The summed E-state index contributed by atoms with van der Waals surface area (Å²) in [5, 5.41) is 14.6. The number of hydrogen-bond donors (Lipinski definition) is 0. The molecule has 0 saturated heterocycles. The molecular weight excluding hydrogens is 338 g/mol. The van der Waals surface area contributed by atoms with Crippen LogP contribution in [0.4, 0.5) is 5.69 Å². The molecule has 0 spiro atoms. The lowest BCUT2D eigenvalue weighted by Gasteiger charge is -2.00. The highest BCUT2D eigenvalue weighted by atomic mass is 16.6. The third-order valence-electron chi connectivity index (χ3n) is 3.58. The van der Waals surface area contributed by atoms with Crippen LogP contribution in [0.2, 0.25) is 0 Å². The number of aromatic nitrogens is 2. The smallest absolute Gasteiger partial charge is 0.307 e. The summed E-state index contributed by atoms with van der Waals surface area (Å²) in [6.45, 7) is 0.255. The van der Waals surface area contributed by atoms with Gasteiger partial charge in [-0.05, 0) is 36.4 Å². The standard InChI is InChI=1S/C18H15N3O5/c1-25-16-4-2-3-13(9-16)18(22)8-7-15-5-6-17(26-15)12-20-11-14(10-19-20)21(23)24/h2-11H,12H2,1H3/b8-7+. The third kappa shape index (κ3) is 4.04. The van der Waals surface area contributed by atoms with Crippen molar-refractivity contribution < 1.29 is 18.9 Å². The fourth-order valence-corrected chi connectivity index (χ4v) is 2.29. The molecule has 0 saturated carbocycles. The monoisotopic (exact) mass is 353 g/mol. The second kappa shape index (κ2) is 7.47. The number of allylic oxidation sites excluding steroid dienone is 1. The average Bonchev–Trinajstić information content (AvgIpc) is 3.29. The van der Waals surface area contributed by atoms with Gasteiger partial charge in [-0.15, -0.1) is 0 Å². The number of benzene rings is 1. The lowest BCUT2D eigenvalue weighted by molar-refractivity contribution is -0.385. The summed E-state index contributed by atoms with van der Waals surface area (Å²) < 4.78 is 12.1. The van der Waals surface area contributed by atoms with Gasteiger partial charge in [-0.1, -0.05) is 12.1 Å². The Hall–Kier alpha value is -3.68. The van der Waals surface area contributed by atoms with E-state index in [-0.39, 0.29) is 18.0 Å². The Morgan fingerprint density at radius 3 is 2.96 bits per heavy atom. The highest BCUT2D eigenvalue weighted by molar-refractivity contribution is 6.06. The minimum atomic E-state index is -0.510. The molecule has 2 heterocycles. The van der Waals surface area contributed by atoms with Crippen LogP contribution in [0.5, 0.6) is 5.75 Å². The zero-order valence-corrected chi connectivity index (χ0v) is 13.9. The van der Waals surface area contributed by atoms with Crippen LogP contribution < -0.4 is 4.74 Å². The van der Waals surface area contributed by atoms with E-state index in [9.17, 15) is 14.9 Å². The summed E-state index contributed by atoms with van der Waals surface area (Å²) in [6, 6.07) is 10.3. The van der Waals surface area contributed by atoms with Gasteiger partial charge in [0, 0.05) is 5.56 Å². The first-order chi connectivity index (χ1) is 12.5. The molecule has 0 bridgehead atoms. The van der Waals surface area contributed by atoms with E-state index in [4.69, 9.17) is 9.15 Å². The Bertz CT molecular complexity index is 971. The maximum atomic E-state index is 12.2. The predicted octanol–water partition coefficient (Wildman–Crippen LogP) is 3.34. The Kier molecular flexibility index (Phi) is 4.93. The molecule has 0 N–H and O–H groups in total. The first-order valence-electron chi connectivity index (χ1n) is 7.67. The lowest BCUT2D eigenvalue weighted by atomic mass is 10.1. The molecule has 0 unspecified atom stereocenters. The number of ketones is 1. The van der Waals surface area contributed by atoms with Crippen LogP contribution in [0, 0.1) is 10.1 Å². The summed E-state index contributed by atoms with van der Waals surface area (Å²) in [5.41, 5.74) is 0.428. The predicted molar refractivity (Wildman–Crippen MR) is 93.0 cm³/mol. The maximum absolute atomic E-state index is 12.2. The van der Waals surface area contributed by atoms with Crippen molar-refractivity contribution in [3.8, 4) is 5.75 Å². The van der Waals surface area contributed by atoms with E-state index < -0.39 is 4.92 Å². The Labute approximate surface area is 148 Å². The van der Waals surface area contributed by atoms with Gasteiger partial charge >= 0.3 is 5.69 Å². The van der Waals surface area contributed by atoms with Crippen molar-refractivity contribution in [2.75, 3.05) is 7.11 Å². The van der Waals surface area contributed by atoms with Crippen molar-refractivity contribution in [2.24, 2.45) is 0 Å². The van der Waals surface area contributed by atoms with Gasteiger partial charge in [0.25, 0.3) is 0 Å². The molecule has 132 valence electrons. The normalized spacial score (nSPS) is 11.0. The minimum Gasteiger partial charge on any atom is -0.497 e. The van der Waals surface area contributed by atoms with Crippen molar-refractivity contribution in [1.29, 1.82) is 0 Å². The Morgan fingerprint density at radius 2 is 2.23 bits per heavy atom. The van der Waals surface area contributed by atoms with Crippen molar-refractivity contribution in [3.05, 3.63) is 82.1 Å². The van der Waals surface area contributed by atoms with E-state index in [1.807, 2.05) is 0 Å². The lowest BCUT2D eigenvalue weighted by Crippen LogP contribution is -1.98. The van der Waals surface area contributed by atoms with Gasteiger partial charge in [-0.25, -0.2) is 0 Å². The molecule has 3 aromatic rings. The van der Waals surface area contributed by atoms with Gasteiger partial charge in [0.2, 0.25) is 0 Å². The second-order valence-electron chi connectivity index (χ2n) is 5.39. The molecule has 1 aromatic carbocycles. The summed E-state index contributed by atoms with van der Waals surface area (Å²) in [4.78, 5) is 22.3. The molecule has 8 heteroatoms. The number of methoxy groups -OCH3 is 1. The first-order valence-corrected chi connectivity index (χ1v) is 7.67. The van der Waals surface area contributed by atoms with Crippen LogP contribution in [0.15, 0.2) is 59.3 Å². The molecule has 0 fully saturated rings. The second-order valence-corrected chi connectivity index (χ2v) is 5.39. The number of hydrogen-bond acceptors (Lipinski definition) is 6. The molecule has 0 atom stereocenters. The molecule has 0 radical (unpaired) electrons. The van der Waals surface area contributed by atoms with Gasteiger partial charge in [-0.3, -0.25) is 19.6 Å². The largest absolute Gasteiger partial charge is 0.497 e. The van der Waals surface area contributed by atoms with Crippen LogP contribution in [-0.4, -0.2) is 27.6 Å². The van der Waals surface area contributed by atoms with Crippen molar-refractivity contribution >= 4 is 17.5 Å². The Balaban J connectivity index is 1.66. The summed E-state index contributed by atoms with van der Waals surface area (Å²) in [7, 11) is 1.54. The van der Waals surface area contributed by atoms with Crippen LogP contribution in [-0.2, 0) is 6.54 Å². The minimum absolute atomic E-state index is 0.0828. The van der Waals surface area contributed by atoms with Crippen LogP contribution in [0.25, 0.3) is 6.08 Å². The number of rotatable bonds is 7. The van der Waals surface area contributed by atoms with E-state index in [0.717, 1.165) is 0 Å². The molecule has 0 aliphatic rings. The molecular formula is C18H15N3O5. The van der Waals surface area contributed by atoms with Gasteiger partial charge < -0.3 is 9.15 Å². The topological polar surface area (TPSA) is 100 Å². The number of nitrogens with zero attached hydrogens (tertiary/aromatic N) is 3. The zero-order chi connectivity index (χ0) is 18.5. The van der Waals surface area contributed by atoms with Gasteiger partial charge in [0.15, 0.2) is 5.78 Å². The third-order valence-corrected chi connectivity index (χ3v) is 3.58. The fraction of sp³-hybridized carbons (Fsp3) is 0.111. The van der Waals surface area contributed by atoms with Crippen LogP contribution >= 0.6 is 0 Å². The molecule has 0 aliphatic heterocycles. The van der Waals surface area contributed by atoms with Crippen molar-refractivity contribution in [1.82, 2.24) is 9.78 Å². The molecule has 0 aliphatic carbocycles. The molecule has 26 heavy (non-hydrogen) atoms. The SMILES string of the molecule is COc1cccc(C(=O)/C=C/c2ccc(Cn3cc([N+](=O)[O-])cn3)o2)c1. The van der Waals surface area contributed by atoms with Gasteiger partial charge in [0.1, 0.15) is 29.7 Å². The zero-order valence-electron chi connectivity index (χ0n) is 13.9. The van der Waals surface area contributed by atoms with E-state index in [1.165, 1.54) is 30.3 Å². The molecule has 3 rings (SSSR count). The van der Waals surface area contributed by atoms with Crippen LogP contribution in [0.3, 0.4) is 0 Å². The molecule has 2 aromatic heterocycles. The highest BCUT2D eigenvalue weighted by Gasteiger charge is 2.10. The van der Waals surface area contributed by atoms with E-state index in [1.54, 1.807) is 42.5 Å². The molecule has 0 amide bonds. The summed E-state index contributed by atoms with van der Waals surface area (Å²) in [5.74, 6) is 1.50. The number of ether oxygens (including phenoxy) is 1. The Morgan fingerprint density at radius 1 is 1.38 bits per heavy atom. The van der Waals surface area contributed by atoms with Gasteiger partial charge in [-0.2, -0.15) is 5.10 Å².